The van der Waals surface area contributed by atoms with E-state index in [-0.39, 0.29) is 10.6 Å². The third-order valence-electron chi connectivity index (χ3n) is 2.93. The number of anilines is 1. The number of aryl methyl sites for hydroxylation is 1. The van der Waals surface area contributed by atoms with E-state index in [4.69, 9.17) is 0 Å². The zero-order chi connectivity index (χ0) is 13.7. The first-order chi connectivity index (χ1) is 9.18. The Bertz CT molecular complexity index is 539. The van der Waals surface area contributed by atoms with Crippen LogP contribution in [0, 0.1) is 10.1 Å². The van der Waals surface area contributed by atoms with Crippen LogP contribution in [0.15, 0.2) is 42.7 Å². The fraction of sp³-hybridized carbons (Fsp3) is 0.308. The summed E-state index contributed by atoms with van der Waals surface area (Å²) in [6, 6.07) is 8.67. The van der Waals surface area contributed by atoms with Crippen LogP contribution < -0.4 is 4.90 Å². The second-order valence-corrected chi connectivity index (χ2v) is 4.29. The van der Waals surface area contributed by atoms with E-state index in [1.54, 1.807) is 18.3 Å². The lowest BCUT2D eigenvalue weighted by atomic mass is 10.2. The monoisotopic (exact) mass is 260 g/mol. The molecule has 0 N–H and O–H groups in total. The topological polar surface area (TPSA) is 64.2 Å². The molecule has 0 aliphatic carbocycles. The summed E-state index contributed by atoms with van der Waals surface area (Å²) >= 11 is 0. The van der Waals surface area contributed by atoms with Gasteiger partial charge in [0.15, 0.2) is 0 Å². The van der Waals surface area contributed by atoms with Crippen LogP contribution in [-0.4, -0.2) is 28.3 Å². The molecule has 0 amide bonds. The molecule has 0 atom stereocenters. The van der Waals surface area contributed by atoms with Gasteiger partial charge in [-0.05, 0) is 18.6 Å². The lowest BCUT2D eigenvalue weighted by molar-refractivity contribution is -0.384. The van der Waals surface area contributed by atoms with Crippen molar-refractivity contribution >= 4 is 11.4 Å². The highest BCUT2D eigenvalue weighted by Gasteiger charge is 2.15. The second kappa shape index (κ2) is 5.99. The Morgan fingerprint density at radius 1 is 1.37 bits per heavy atom. The number of rotatable bonds is 6. The lowest BCUT2D eigenvalue weighted by Crippen LogP contribution is -2.21. The number of benzene rings is 1. The molecule has 19 heavy (non-hydrogen) atoms. The first kappa shape index (κ1) is 13.1. The Balaban J connectivity index is 1.96. The average Bonchev–Trinajstić information content (AvgIpc) is 2.91. The number of hydrogen-bond acceptors (Lipinski definition) is 4. The van der Waals surface area contributed by atoms with E-state index in [1.807, 2.05) is 35.0 Å². The Kier molecular flexibility index (Phi) is 4.12. The van der Waals surface area contributed by atoms with Gasteiger partial charge in [0.1, 0.15) is 5.69 Å². The number of nitrogens with zero attached hydrogens (tertiary/aromatic N) is 4. The van der Waals surface area contributed by atoms with Crippen molar-refractivity contribution in [2.24, 2.45) is 0 Å². The molecule has 0 unspecified atom stereocenters. The number of nitro groups is 1. The van der Waals surface area contributed by atoms with Gasteiger partial charge in [-0.2, -0.15) is 5.10 Å². The van der Waals surface area contributed by atoms with Crippen molar-refractivity contribution in [1.82, 2.24) is 9.78 Å². The molecule has 0 aliphatic heterocycles. The highest BCUT2D eigenvalue weighted by molar-refractivity contribution is 5.62. The molecule has 6 heteroatoms. The first-order valence-corrected chi connectivity index (χ1v) is 6.10. The average molecular weight is 260 g/mol. The molecule has 1 aromatic heterocycles. The fourth-order valence-corrected chi connectivity index (χ4v) is 1.96. The zero-order valence-corrected chi connectivity index (χ0v) is 10.8. The van der Waals surface area contributed by atoms with Gasteiger partial charge in [0.2, 0.25) is 0 Å². The van der Waals surface area contributed by atoms with Crippen LogP contribution in [0.2, 0.25) is 0 Å². The third kappa shape index (κ3) is 3.31. The van der Waals surface area contributed by atoms with Gasteiger partial charge in [-0.3, -0.25) is 14.8 Å². The summed E-state index contributed by atoms with van der Waals surface area (Å²) in [5, 5.41) is 15.1. The van der Waals surface area contributed by atoms with E-state index in [0.717, 1.165) is 19.5 Å². The summed E-state index contributed by atoms with van der Waals surface area (Å²) in [5.74, 6) is 0. The minimum Gasteiger partial charge on any atom is -0.369 e. The predicted octanol–water partition coefficient (Wildman–Crippen LogP) is 2.32. The van der Waals surface area contributed by atoms with E-state index >= 15 is 0 Å². The zero-order valence-electron chi connectivity index (χ0n) is 10.8. The normalized spacial score (nSPS) is 10.4. The standard InChI is InChI=1S/C13H16N4O2/c1-15(9-5-11-16-10-4-8-14-16)12-6-2-3-7-13(12)17(18)19/h2-4,6-8,10H,5,9,11H2,1H3. The van der Waals surface area contributed by atoms with Crippen LogP contribution in [0.1, 0.15) is 6.42 Å². The quantitative estimate of drug-likeness (QED) is 0.590. The summed E-state index contributed by atoms with van der Waals surface area (Å²) in [6.07, 6.45) is 4.53. The Morgan fingerprint density at radius 2 is 2.16 bits per heavy atom. The molecular weight excluding hydrogens is 244 g/mol. The fourth-order valence-electron chi connectivity index (χ4n) is 1.96. The van der Waals surface area contributed by atoms with Crippen molar-refractivity contribution in [3.63, 3.8) is 0 Å². The second-order valence-electron chi connectivity index (χ2n) is 4.29. The van der Waals surface area contributed by atoms with Gasteiger partial charge in [-0.15, -0.1) is 0 Å². The molecule has 2 rings (SSSR count). The number of hydrogen-bond donors (Lipinski definition) is 0. The van der Waals surface area contributed by atoms with Crippen molar-refractivity contribution in [3.05, 3.63) is 52.8 Å². The summed E-state index contributed by atoms with van der Waals surface area (Å²) in [6.45, 7) is 1.54. The summed E-state index contributed by atoms with van der Waals surface area (Å²) < 4.78 is 1.85. The molecule has 0 fully saturated rings. The summed E-state index contributed by atoms with van der Waals surface area (Å²) in [4.78, 5) is 12.5. The number of nitro benzene ring substituents is 1. The van der Waals surface area contributed by atoms with Gasteiger partial charge >= 0.3 is 0 Å². The maximum absolute atomic E-state index is 11.0. The summed E-state index contributed by atoms with van der Waals surface area (Å²) in [7, 11) is 1.87. The molecule has 2 aromatic rings. The van der Waals surface area contributed by atoms with E-state index in [0.29, 0.717) is 5.69 Å². The molecule has 0 saturated heterocycles. The SMILES string of the molecule is CN(CCCn1cccn1)c1ccccc1[N+](=O)[O-]. The number of para-hydroxylation sites is 2. The van der Waals surface area contributed by atoms with Crippen molar-refractivity contribution in [3.8, 4) is 0 Å². The smallest absolute Gasteiger partial charge is 0.292 e. The maximum atomic E-state index is 11.0. The molecule has 6 nitrogen and oxygen atoms in total. The van der Waals surface area contributed by atoms with Crippen LogP contribution in [0.5, 0.6) is 0 Å². The van der Waals surface area contributed by atoms with E-state index < -0.39 is 0 Å². The predicted molar refractivity (Wildman–Crippen MR) is 73.2 cm³/mol. The van der Waals surface area contributed by atoms with Gasteiger partial charge in [0.25, 0.3) is 5.69 Å². The molecular formula is C13H16N4O2. The van der Waals surface area contributed by atoms with Crippen LogP contribution in [0.25, 0.3) is 0 Å². The van der Waals surface area contributed by atoms with Crippen LogP contribution in [0.3, 0.4) is 0 Å². The van der Waals surface area contributed by atoms with Gasteiger partial charge in [-0.1, -0.05) is 12.1 Å². The minimum absolute atomic E-state index is 0.143. The van der Waals surface area contributed by atoms with Crippen molar-refractivity contribution in [2.45, 2.75) is 13.0 Å². The van der Waals surface area contributed by atoms with Crippen LogP contribution >= 0.6 is 0 Å². The van der Waals surface area contributed by atoms with Gasteiger partial charge < -0.3 is 4.90 Å². The molecule has 0 bridgehead atoms. The molecule has 0 radical (unpaired) electrons. The van der Waals surface area contributed by atoms with Gasteiger partial charge in [0.05, 0.1) is 4.92 Å². The highest BCUT2D eigenvalue weighted by Crippen LogP contribution is 2.26. The van der Waals surface area contributed by atoms with E-state index in [2.05, 4.69) is 5.10 Å². The van der Waals surface area contributed by atoms with E-state index in [1.165, 1.54) is 6.07 Å². The van der Waals surface area contributed by atoms with Gasteiger partial charge in [0, 0.05) is 38.6 Å². The Labute approximate surface area is 111 Å². The van der Waals surface area contributed by atoms with Gasteiger partial charge in [-0.25, -0.2) is 0 Å². The van der Waals surface area contributed by atoms with Crippen molar-refractivity contribution < 1.29 is 4.92 Å². The van der Waals surface area contributed by atoms with Crippen LogP contribution in [0.4, 0.5) is 11.4 Å². The van der Waals surface area contributed by atoms with Crippen molar-refractivity contribution in [1.29, 1.82) is 0 Å². The lowest BCUT2D eigenvalue weighted by Gasteiger charge is -2.18. The Morgan fingerprint density at radius 3 is 2.84 bits per heavy atom. The van der Waals surface area contributed by atoms with E-state index in [9.17, 15) is 10.1 Å². The number of aromatic nitrogens is 2. The molecule has 1 heterocycles. The molecule has 0 aliphatic rings. The Hall–Kier alpha value is -2.37. The summed E-state index contributed by atoms with van der Waals surface area (Å²) in [5.41, 5.74) is 0.789. The molecule has 0 saturated carbocycles. The molecule has 1 aromatic carbocycles. The highest BCUT2D eigenvalue weighted by atomic mass is 16.6. The molecule has 100 valence electrons. The first-order valence-electron chi connectivity index (χ1n) is 6.10. The third-order valence-corrected chi connectivity index (χ3v) is 2.93. The largest absolute Gasteiger partial charge is 0.369 e. The minimum atomic E-state index is -0.348. The van der Waals surface area contributed by atoms with Crippen LogP contribution in [-0.2, 0) is 6.54 Å². The van der Waals surface area contributed by atoms with Crippen molar-refractivity contribution in [2.75, 3.05) is 18.5 Å². The maximum Gasteiger partial charge on any atom is 0.292 e. The molecule has 0 spiro atoms.